The first-order valence-corrected chi connectivity index (χ1v) is 16.3. The van der Waals surface area contributed by atoms with Gasteiger partial charge in [0, 0.05) is 52.8 Å². The van der Waals surface area contributed by atoms with E-state index in [0.29, 0.717) is 38.1 Å². The van der Waals surface area contributed by atoms with E-state index in [-0.39, 0.29) is 67.7 Å². The third-order valence-electron chi connectivity index (χ3n) is 8.41. The number of fused-ring (bicyclic) bond motifs is 1. The molecule has 2 heterocycles. The number of nitrogens with one attached hydrogen (secondary N) is 3. The van der Waals surface area contributed by atoms with Gasteiger partial charge in [-0.1, -0.05) is 26.0 Å². The van der Waals surface area contributed by atoms with Gasteiger partial charge in [0.05, 0.1) is 23.8 Å². The van der Waals surface area contributed by atoms with E-state index in [1.807, 2.05) is 34.7 Å². The number of aromatic nitrogens is 2. The van der Waals surface area contributed by atoms with Crippen molar-refractivity contribution in [2.45, 2.75) is 78.3 Å². The fourth-order valence-electron chi connectivity index (χ4n) is 5.64. The van der Waals surface area contributed by atoms with E-state index in [1.165, 1.54) is 9.80 Å². The summed E-state index contributed by atoms with van der Waals surface area (Å²) in [4.78, 5) is 68.6. The highest BCUT2D eigenvalue weighted by atomic mass is 16.5. The summed E-state index contributed by atoms with van der Waals surface area (Å²) in [5, 5.41) is 13.2. The molecule has 5 amide bonds. The Kier molecular flexibility index (Phi) is 13.8. The van der Waals surface area contributed by atoms with Crippen LogP contribution in [0.4, 0.5) is 0 Å². The Hall–Kier alpha value is -4.42. The number of carbonyl (C=O) groups is 5. The Labute approximate surface area is 277 Å². The predicted molar refractivity (Wildman–Crippen MR) is 178 cm³/mol. The monoisotopic (exact) mass is 653 g/mol. The number of amides is 5. The van der Waals surface area contributed by atoms with Gasteiger partial charge in [-0.2, -0.15) is 5.10 Å². The fourth-order valence-corrected chi connectivity index (χ4v) is 5.64. The summed E-state index contributed by atoms with van der Waals surface area (Å²) in [5.41, 5.74) is 3.18. The molecule has 3 N–H and O–H groups in total. The van der Waals surface area contributed by atoms with Crippen LogP contribution in [0.2, 0.25) is 0 Å². The first kappa shape index (κ1) is 37.0. The Morgan fingerprint density at radius 2 is 1.72 bits per heavy atom. The molecule has 13 heteroatoms. The number of likely N-dealkylation sites (N-methyl/N-ethyl adjacent to an activating group) is 1. The summed E-state index contributed by atoms with van der Waals surface area (Å²) in [6, 6.07) is 5.35. The van der Waals surface area contributed by atoms with Gasteiger partial charge in [-0.3, -0.25) is 28.7 Å². The quantitative estimate of drug-likeness (QED) is 0.430. The smallest absolute Gasteiger partial charge is 0.255 e. The number of para-hydroxylation sites is 1. The van der Waals surface area contributed by atoms with Crippen LogP contribution in [0.1, 0.15) is 73.3 Å². The highest BCUT2D eigenvalue weighted by molar-refractivity contribution is 5.99. The molecule has 0 saturated heterocycles. The maximum absolute atomic E-state index is 13.6. The zero-order valence-electron chi connectivity index (χ0n) is 28.9. The highest BCUT2D eigenvalue weighted by Gasteiger charge is 2.26. The van der Waals surface area contributed by atoms with Crippen LogP contribution in [0.5, 0.6) is 5.75 Å². The van der Waals surface area contributed by atoms with Crippen molar-refractivity contribution in [3.63, 3.8) is 0 Å². The second-order valence-electron chi connectivity index (χ2n) is 12.7. The van der Waals surface area contributed by atoms with Crippen molar-refractivity contribution in [2.75, 3.05) is 40.3 Å². The minimum Gasteiger partial charge on any atom is -0.491 e. The van der Waals surface area contributed by atoms with E-state index in [1.54, 1.807) is 43.0 Å². The van der Waals surface area contributed by atoms with Gasteiger partial charge in [-0.05, 0) is 63.1 Å². The molecule has 1 aromatic carbocycles. The van der Waals surface area contributed by atoms with E-state index in [4.69, 9.17) is 4.74 Å². The molecule has 1 aliphatic heterocycles. The van der Waals surface area contributed by atoms with Gasteiger partial charge in [-0.25, -0.2) is 0 Å². The van der Waals surface area contributed by atoms with Crippen LogP contribution >= 0.6 is 0 Å². The van der Waals surface area contributed by atoms with Crippen LogP contribution in [-0.4, -0.2) is 102 Å². The molecule has 0 aliphatic carbocycles. The van der Waals surface area contributed by atoms with Crippen molar-refractivity contribution in [1.29, 1.82) is 0 Å². The number of rotatable bonds is 6. The second-order valence-corrected chi connectivity index (χ2v) is 12.7. The van der Waals surface area contributed by atoms with Gasteiger partial charge >= 0.3 is 0 Å². The Morgan fingerprint density at radius 3 is 2.40 bits per heavy atom. The normalized spacial score (nSPS) is 19.5. The molecule has 258 valence electrons. The zero-order valence-corrected chi connectivity index (χ0v) is 28.9. The van der Waals surface area contributed by atoms with Crippen molar-refractivity contribution in [3.05, 3.63) is 46.8 Å². The molecule has 1 aromatic heterocycles. The van der Waals surface area contributed by atoms with Crippen LogP contribution in [0.15, 0.2) is 24.3 Å². The molecule has 0 saturated carbocycles. The number of carbonyl (C=O) groups excluding carboxylic acids is 5. The zero-order chi connectivity index (χ0) is 34.7. The fraction of sp³-hybridized carbons (Fsp3) is 0.588. The lowest BCUT2D eigenvalue weighted by atomic mass is 10.0. The van der Waals surface area contributed by atoms with E-state index >= 15 is 0 Å². The van der Waals surface area contributed by atoms with Gasteiger partial charge in [0.1, 0.15) is 18.4 Å². The summed E-state index contributed by atoms with van der Waals surface area (Å²) in [5.74, 6) is -1.10. The minimum absolute atomic E-state index is 0.0126. The largest absolute Gasteiger partial charge is 0.491 e. The Bertz CT molecular complexity index is 1420. The predicted octanol–water partition coefficient (Wildman–Crippen LogP) is 1.89. The molecular formula is C34H51N7O6. The third kappa shape index (κ3) is 11.1. The van der Waals surface area contributed by atoms with Crippen molar-refractivity contribution in [3.8, 4) is 5.75 Å². The summed E-state index contributed by atoms with van der Waals surface area (Å²) in [6.45, 7) is 8.62. The molecule has 47 heavy (non-hydrogen) atoms. The molecular weight excluding hydrogens is 602 g/mol. The lowest BCUT2D eigenvalue weighted by Crippen LogP contribution is -2.48. The Balaban J connectivity index is 1.83. The van der Waals surface area contributed by atoms with Gasteiger partial charge in [0.15, 0.2) is 0 Å². The molecule has 13 nitrogen and oxygen atoms in total. The lowest BCUT2D eigenvalue weighted by molar-refractivity contribution is -0.135. The van der Waals surface area contributed by atoms with Crippen molar-refractivity contribution >= 4 is 29.5 Å². The molecule has 0 radical (unpaired) electrons. The van der Waals surface area contributed by atoms with E-state index in [0.717, 1.165) is 17.0 Å². The number of nitrogens with zero attached hydrogens (tertiary/aromatic N) is 4. The van der Waals surface area contributed by atoms with Crippen LogP contribution in [0, 0.1) is 19.8 Å². The van der Waals surface area contributed by atoms with Crippen LogP contribution in [0.25, 0.3) is 0 Å². The maximum atomic E-state index is 13.6. The third-order valence-corrected chi connectivity index (χ3v) is 8.41. The number of hydrogen-bond donors (Lipinski definition) is 3. The molecule has 0 unspecified atom stereocenters. The lowest BCUT2D eigenvalue weighted by Gasteiger charge is -2.25. The summed E-state index contributed by atoms with van der Waals surface area (Å²) >= 11 is 0. The summed E-state index contributed by atoms with van der Waals surface area (Å²) < 4.78 is 7.89. The van der Waals surface area contributed by atoms with Gasteiger partial charge in [-0.15, -0.1) is 0 Å². The Morgan fingerprint density at radius 1 is 1.02 bits per heavy atom. The number of benzene rings is 1. The average molecular weight is 654 g/mol. The first-order chi connectivity index (χ1) is 22.3. The van der Waals surface area contributed by atoms with Crippen LogP contribution < -0.4 is 20.7 Å². The highest BCUT2D eigenvalue weighted by Crippen LogP contribution is 2.20. The van der Waals surface area contributed by atoms with E-state index in [2.05, 4.69) is 21.0 Å². The molecule has 0 fully saturated rings. The SMILES string of the molecule is Cc1nn(C)c(C)c1CCNC(=O)[C@@H]1CCC(=O)N(C)CCCC(=O)N(C)CC(=O)N[C@@H](CC(C)C)COc2ccccc2C(=O)N1. The summed E-state index contributed by atoms with van der Waals surface area (Å²) in [7, 11) is 5.10. The summed E-state index contributed by atoms with van der Waals surface area (Å²) in [6.07, 6.45) is 1.88. The molecule has 0 spiro atoms. The first-order valence-electron chi connectivity index (χ1n) is 16.3. The van der Waals surface area contributed by atoms with Crippen molar-refractivity contribution < 1.29 is 28.7 Å². The van der Waals surface area contributed by atoms with Crippen molar-refractivity contribution in [1.82, 2.24) is 35.5 Å². The minimum atomic E-state index is -0.988. The maximum Gasteiger partial charge on any atom is 0.255 e. The van der Waals surface area contributed by atoms with Gasteiger partial charge < -0.3 is 30.5 Å². The van der Waals surface area contributed by atoms with Gasteiger partial charge in [0.2, 0.25) is 23.6 Å². The number of hydrogen-bond acceptors (Lipinski definition) is 7. The molecule has 2 aromatic rings. The number of ether oxygens (including phenoxy) is 1. The second kappa shape index (κ2) is 17.5. The van der Waals surface area contributed by atoms with Crippen molar-refractivity contribution in [2.24, 2.45) is 13.0 Å². The number of aryl methyl sites for hydroxylation is 2. The average Bonchev–Trinajstić information content (AvgIpc) is 3.26. The van der Waals surface area contributed by atoms with Crippen LogP contribution in [-0.2, 0) is 32.6 Å². The molecule has 3 rings (SSSR count). The molecule has 1 aliphatic rings. The van der Waals surface area contributed by atoms with E-state index in [9.17, 15) is 24.0 Å². The molecule has 2 atom stereocenters. The van der Waals surface area contributed by atoms with Gasteiger partial charge in [0.25, 0.3) is 5.91 Å². The topological polar surface area (TPSA) is 155 Å². The van der Waals surface area contributed by atoms with Crippen LogP contribution in [0.3, 0.4) is 0 Å². The standard InChI is InChI=1S/C34H51N7O6/c1-22(2)19-25-21-47-29-12-9-8-11-27(29)33(45)37-28(34(46)35-17-16-26-23(3)38-41(7)24(26)4)14-15-32(44)39(5)18-10-13-31(43)40(6)20-30(42)36-25/h8-9,11-12,22,25,28H,10,13-21H2,1-7H3,(H,35,46)(H,36,42)(H,37,45)/t25-,28-/m0/s1. The molecule has 0 bridgehead atoms. The van der Waals surface area contributed by atoms with E-state index < -0.39 is 17.9 Å².